The van der Waals surface area contributed by atoms with Gasteiger partial charge in [0.1, 0.15) is 12.3 Å². The van der Waals surface area contributed by atoms with Crippen LogP contribution < -0.4 is 10.1 Å². The molecule has 0 spiro atoms. The highest BCUT2D eigenvalue weighted by Gasteiger charge is 2.54. The molecule has 0 saturated heterocycles. The number of carbonyl (C=O) groups is 1. The fraction of sp³-hybridized carbons (Fsp3) is 0.310. The number of aliphatic hydroxyl groups excluding tert-OH is 1. The van der Waals surface area contributed by atoms with E-state index in [1.165, 1.54) is 0 Å². The van der Waals surface area contributed by atoms with E-state index in [9.17, 15) is 18.0 Å². The van der Waals surface area contributed by atoms with E-state index in [0.29, 0.717) is 41.0 Å². The minimum absolute atomic E-state index is 0.0118. The van der Waals surface area contributed by atoms with Crippen LogP contribution in [0.5, 0.6) is 5.75 Å². The van der Waals surface area contributed by atoms with Crippen LogP contribution in [0.25, 0.3) is 10.4 Å². The van der Waals surface area contributed by atoms with E-state index in [-0.39, 0.29) is 25.5 Å². The molecule has 1 heterocycles. The molecule has 0 radical (unpaired) electrons. The number of ether oxygens (including phenoxy) is 2. The Kier molecular flexibility index (Phi) is 10.1. The molecule has 42 heavy (non-hydrogen) atoms. The third kappa shape index (κ3) is 7.61. The summed E-state index contributed by atoms with van der Waals surface area (Å²) in [5.41, 5.74) is 9.18. The van der Waals surface area contributed by atoms with E-state index in [1.807, 2.05) is 5.32 Å². The maximum Gasteiger partial charge on any atom is 0.405 e. The van der Waals surface area contributed by atoms with Gasteiger partial charge in [0.05, 0.1) is 13.2 Å². The second-order valence-electron chi connectivity index (χ2n) is 9.48. The standard InChI is InChI=1S/C29H27BrF3N5O4/c30-22-10-6-19(7-11-22)16-28(27(40)35-18-29(31,32)33)25(24-5-2-1-4-21(24)17-36-38-34)42-26(37-28)20-8-12-23(13-9-20)41-15-3-14-39/h1-2,4-13,25,39H,3,14-18H2,(H,35,40)/t25-,28-/m1/s1. The number of nitrogens with one attached hydrogen (secondary N) is 1. The molecule has 2 N–H and O–H groups in total. The maximum atomic E-state index is 13.8. The van der Waals surface area contributed by atoms with E-state index >= 15 is 0 Å². The SMILES string of the molecule is [N-]=[N+]=NCc1ccccc1[C@H]1OC(c2ccc(OCCCO)cc2)=N[C@@]1(Cc1ccc(Br)cc1)C(=O)NCC(F)(F)F. The number of benzene rings is 3. The molecule has 0 saturated carbocycles. The molecule has 1 aliphatic rings. The summed E-state index contributed by atoms with van der Waals surface area (Å²) in [6, 6.07) is 20.5. The largest absolute Gasteiger partial charge is 0.494 e. The van der Waals surface area contributed by atoms with Gasteiger partial charge in [-0.15, -0.1) is 0 Å². The molecule has 0 fully saturated rings. The highest BCUT2D eigenvalue weighted by molar-refractivity contribution is 9.10. The normalized spacial score (nSPS) is 18.0. The van der Waals surface area contributed by atoms with Gasteiger partial charge in [0.25, 0.3) is 5.91 Å². The first kappa shape index (κ1) is 30.9. The van der Waals surface area contributed by atoms with Crippen LogP contribution >= 0.6 is 15.9 Å². The van der Waals surface area contributed by atoms with Crippen LogP contribution in [0.4, 0.5) is 13.2 Å². The van der Waals surface area contributed by atoms with Crippen LogP contribution in [-0.4, -0.2) is 48.4 Å². The van der Waals surface area contributed by atoms with Gasteiger partial charge in [-0.3, -0.25) is 4.79 Å². The first-order valence-electron chi connectivity index (χ1n) is 12.9. The van der Waals surface area contributed by atoms with Crippen LogP contribution in [-0.2, 0) is 22.5 Å². The summed E-state index contributed by atoms with van der Waals surface area (Å²) >= 11 is 3.38. The second-order valence-corrected chi connectivity index (χ2v) is 10.4. The van der Waals surface area contributed by atoms with Crippen LogP contribution in [0, 0.1) is 0 Å². The number of aliphatic imine (C=N–C) groups is 1. The van der Waals surface area contributed by atoms with Gasteiger partial charge in [-0.1, -0.05) is 57.4 Å². The number of carbonyl (C=O) groups excluding carboxylic acids is 1. The number of hydrogen-bond acceptors (Lipinski definition) is 6. The Morgan fingerprint density at radius 1 is 1.14 bits per heavy atom. The Morgan fingerprint density at radius 2 is 1.86 bits per heavy atom. The molecular formula is C29H27BrF3N5O4. The van der Waals surface area contributed by atoms with Gasteiger partial charge in [-0.2, -0.15) is 13.2 Å². The number of rotatable bonds is 12. The quantitative estimate of drug-likeness (QED) is 0.105. The Balaban J connectivity index is 1.83. The first-order valence-corrected chi connectivity index (χ1v) is 13.7. The van der Waals surface area contributed by atoms with Crippen LogP contribution in [0.1, 0.15) is 34.8 Å². The van der Waals surface area contributed by atoms with Gasteiger partial charge >= 0.3 is 6.18 Å². The van der Waals surface area contributed by atoms with Crippen LogP contribution in [0.2, 0.25) is 0 Å². The van der Waals surface area contributed by atoms with Crippen LogP contribution in [0.3, 0.4) is 0 Å². The topological polar surface area (TPSA) is 129 Å². The molecular weight excluding hydrogens is 619 g/mol. The van der Waals surface area contributed by atoms with Crippen LogP contribution in [0.15, 0.2) is 87.4 Å². The molecule has 1 amide bonds. The number of halogens is 4. The monoisotopic (exact) mass is 645 g/mol. The molecule has 0 unspecified atom stereocenters. The molecule has 220 valence electrons. The van der Waals surface area contributed by atoms with E-state index in [0.717, 1.165) is 4.47 Å². The molecule has 9 nitrogen and oxygen atoms in total. The van der Waals surface area contributed by atoms with Crippen molar-refractivity contribution < 1.29 is 32.5 Å². The Morgan fingerprint density at radius 3 is 2.52 bits per heavy atom. The van der Waals surface area contributed by atoms with E-state index in [1.54, 1.807) is 72.8 Å². The summed E-state index contributed by atoms with van der Waals surface area (Å²) in [6.45, 7) is -1.32. The van der Waals surface area contributed by atoms with Crippen molar-refractivity contribution in [2.24, 2.45) is 10.1 Å². The van der Waals surface area contributed by atoms with Gasteiger partial charge in [0, 0.05) is 34.4 Å². The van der Waals surface area contributed by atoms with Gasteiger partial charge in [0.2, 0.25) is 5.90 Å². The predicted octanol–water partition coefficient (Wildman–Crippen LogP) is 6.20. The third-order valence-electron chi connectivity index (χ3n) is 6.51. The molecule has 0 bridgehead atoms. The minimum Gasteiger partial charge on any atom is -0.494 e. The average molecular weight is 646 g/mol. The summed E-state index contributed by atoms with van der Waals surface area (Å²) in [6.07, 6.45) is -5.44. The molecule has 3 aromatic carbocycles. The smallest absolute Gasteiger partial charge is 0.405 e. The van der Waals surface area contributed by atoms with Crippen molar-refractivity contribution in [1.82, 2.24) is 5.32 Å². The Bertz CT molecular complexity index is 1460. The molecule has 4 rings (SSSR count). The summed E-state index contributed by atoms with van der Waals surface area (Å²) < 4.78 is 52.5. The fourth-order valence-electron chi connectivity index (χ4n) is 4.55. The lowest BCUT2D eigenvalue weighted by molar-refractivity contribution is -0.143. The van der Waals surface area contributed by atoms with Gasteiger partial charge in [0.15, 0.2) is 11.6 Å². The lowest BCUT2D eigenvalue weighted by Gasteiger charge is -2.32. The maximum absolute atomic E-state index is 13.8. The van der Waals surface area contributed by atoms with E-state index < -0.39 is 30.3 Å². The fourth-order valence-corrected chi connectivity index (χ4v) is 4.81. The highest BCUT2D eigenvalue weighted by atomic mass is 79.9. The minimum atomic E-state index is -4.65. The van der Waals surface area contributed by atoms with Crippen molar-refractivity contribution in [3.63, 3.8) is 0 Å². The predicted molar refractivity (Wildman–Crippen MR) is 153 cm³/mol. The van der Waals surface area contributed by atoms with Crippen molar-refractivity contribution in [2.45, 2.75) is 37.2 Å². The average Bonchev–Trinajstić information content (AvgIpc) is 3.36. The molecule has 1 aliphatic heterocycles. The summed E-state index contributed by atoms with van der Waals surface area (Å²) in [5, 5.41) is 14.7. The Hall–Kier alpha value is -4.06. The van der Waals surface area contributed by atoms with Gasteiger partial charge in [-0.25, -0.2) is 4.99 Å². The molecule has 2 atom stereocenters. The first-order chi connectivity index (χ1) is 20.1. The van der Waals surface area contributed by atoms with Gasteiger partial charge in [-0.05, 0) is 58.6 Å². The highest BCUT2D eigenvalue weighted by Crippen LogP contribution is 2.44. The van der Waals surface area contributed by atoms with Gasteiger partial charge < -0.3 is 19.9 Å². The third-order valence-corrected chi connectivity index (χ3v) is 7.04. The number of azide groups is 1. The van der Waals surface area contributed by atoms with Crippen molar-refractivity contribution in [1.29, 1.82) is 0 Å². The second kappa shape index (κ2) is 13.7. The molecule has 0 aromatic heterocycles. The van der Waals surface area contributed by atoms with E-state index in [2.05, 4.69) is 26.0 Å². The number of nitrogens with zero attached hydrogens (tertiary/aromatic N) is 4. The summed E-state index contributed by atoms with van der Waals surface area (Å²) in [7, 11) is 0. The Labute approximate surface area is 248 Å². The van der Waals surface area contributed by atoms with Crippen molar-refractivity contribution in [3.05, 3.63) is 110 Å². The number of aliphatic hydroxyl groups is 1. The molecule has 3 aromatic rings. The number of hydrogen-bond donors (Lipinski definition) is 2. The van der Waals surface area contributed by atoms with Crippen molar-refractivity contribution in [3.8, 4) is 5.75 Å². The van der Waals surface area contributed by atoms with Crippen molar-refractivity contribution in [2.75, 3.05) is 19.8 Å². The number of amides is 1. The molecule has 0 aliphatic carbocycles. The zero-order valence-electron chi connectivity index (χ0n) is 22.2. The van der Waals surface area contributed by atoms with E-state index in [4.69, 9.17) is 25.1 Å². The molecule has 13 heteroatoms. The zero-order chi connectivity index (χ0) is 30.2. The zero-order valence-corrected chi connectivity index (χ0v) is 23.8. The lowest BCUT2D eigenvalue weighted by Crippen LogP contribution is -2.52. The number of alkyl halides is 3. The summed E-state index contributed by atoms with van der Waals surface area (Å²) in [5.74, 6) is -0.379. The lowest BCUT2D eigenvalue weighted by atomic mass is 9.80. The summed E-state index contributed by atoms with van der Waals surface area (Å²) in [4.78, 5) is 21.4. The van der Waals surface area contributed by atoms with Crippen molar-refractivity contribution >= 4 is 27.7 Å².